The Bertz CT molecular complexity index is 959. The summed E-state index contributed by atoms with van der Waals surface area (Å²) in [6.45, 7) is 6.09. The third-order valence-corrected chi connectivity index (χ3v) is 6.54. The molecule has 3 heterocycles. The Morgan fingerprint density at radius 1 is 1.35 bits per heavy atom. The van der Waals surface area contributed by atoms with Crippen LogP contribution in [-0.2, 0) is 23.9 Å². The highest BCUT2D eigenvalue weighted by molar-refractivity contribution is 7.80. The van der Waals surface area contributed by atoms with Crippen LogP contribution in [0.5, 0.6) is 0 Å². The number of nitrogens with zero attached hydrogens (tertiary/aromatic N) is 1. The molecule has 10 heteroatoms. The lowest BCUT2D eigenvalue weighted by Gasteiger charge is -2.44. The molecule has 0 saturated carbocycles. The van der Waals surface area contributed by atoms with E-state index in [-0.39, 0.29) is 17.6 Å². The van der Waals surface area contributed by atoms with Gasteiger partial charge in [0.15, 0.2) is 0 Å². The Labute approximate surface area is 190 Å². The quantitative estimate of drug-likeness (QED) is 0.284. The van der Waals surface area contributed by atoms with Gasteiger partial charge in [0.1, 0.15) is 10.7 Å². The number of thiocarbonyl (C=S) groups is 1. The highest BCUT2D eigenvalue weighted by atomic mass is 32.1. The average Bonchev–Trinajstić information content (AvgIpc) is 3.28. The molecular formula is C21H26N2O6S2. The molecule has 3 atom stereocenters. The Morgan fingerprint density at radius 2 is 2.03 bits per heavy atom. The number of hydrogen-bond acceptors (Lipinski definition) is 8. The van der Waals surface area contributed by atoms with Crippen LogP contribution in [0.2, 0.25) is 0 Å². The fourth-order valence-corrected chi connectivity index (χ4v) is 4.86. The fraction of sp³-hybridized carbons (Fsp3) is 0.524. The molecule has 2 aliphatic rings. The van der Waals surface area contributed by atoms with Crippen LogP contribution in [0.4, 0.5) is 0 Å². The summed E-state index contributed by atoms with van der Waals surface area (Å²) in [6, 6.07) is -0.335. The van der Waals surface area contributed by atoms with E-state index in [0.717, 1.165) is 11.1 Å². The number of amides is 1. The zero-order valence-corrected chi connectivity index (χ0v) is 19.7. The molecule has 31 heavy (non-hydrogen) atoms. The number of fused-ring (bicyclic) bond motifs is 1. The standard InChI is InChI=1S/C21H26N2O6S2/c1-10(24)15-14-6-11(12-7-31-8-13(12)17(30)22-5)16(23(14)18(15)25)19(26)28-9-29-20(27)21(2,3)4/h7-8,10,14-15,24H,6,9H2,1-5H3,(H,22,30)/t10-,14-,15-/m1/s1. The van der Waals surface area contributed by atoms with Crippen molar-refractivity contribution in [1.29, 1.82) is 0 Å². The molecule has 1 fully saturated rings. The van der Waals surface area contributed by atoms with E-state index in [1.165, 1.54) is 16.2 Å². The molecule has 2 aliphatic heterocycles. The van der Waals surface area contributed by atoms with Crippen molar-refractivity contribution in [2.24, 2.45) is 11.3 Å². The molecule has 0 spiro atoms. The lowest BCUT2D eigenvalue weighted by molar-refractivity contribution is -0.175. The summed E-state index contributed by atoms with van der Waals surface area (Å²) in [7, 11) is 1.71. The van der Waals surface area contributed by atoms with Gasteiger partial charge in [-0.05, 0) is 45.1 Å². The lowest BCUT2D eigenvalue weighted by Crippen LogP contribution is -2.61. The summed E-state index contributed by atoms with van der Waals surface area (Å²) in [5, 5.41) is 16.7. The first-order valence-corrected chi connectivity index (χ1v) is 11.2. The number of esters is 2. The van der Waals surface area contributed by atoms with E-state index in [4.69, 9.17) is 21.7 Å². The number of nitrogens with one attached hydrogen (secondary N) is 1. The second kappa shape index (κ2) is 8.68. The molecule has 2 N–H and O–H groups in total. The first-order chi connectivity index (χ1) is 14.5. The van der Waals surface area contributed by atoms with Crippen LogP contribution in [0.3, 0.4) is 0 Å². The van der Waals surface area contributed by atoms with E-state index in [1.54, 1.807) is 34.7 Å². The minimum atomic E-state index is -0.835. The molecule has 0 bridgehead atoms. The average molecular weight is 467 g/mol. The van der Waals surface area contributed by atoms with Gasteiger partial charge in [0.25, 0.3) is 0 Å². The maximum atomic E-state index is 13.0. The molecule has 1 saturated heterocycles. The van der Waals surface area contributed by atoms with Gasteiger partial charge >= 0.3 is 11.9 Å². The number of thiophene rings is 1. The first-order valence-electron chi connectivity index (χ1n) is 9.86. The van der Waals surface area contributed by atoms with Crippen LogP contribution in [0.15, 0.2) is 16.5 Å². The summed E-state index contributed by atoms with van der Waals surface area (Å²) in [5.41, 5.74) is 1.50. The van der Waals surface area contributed by atoms with Gasteiger partial charge in [-0.25, -0.2) is 4.79 Å². The van der Waals surface area contributed by atoms with Gasteiger partial charge in [-0.1, -0.05) is 12.2 Å². The predicted molar refractivity (Wildman–Crippen MR) is 119 cm³/mol. The third kappa shape index (κ3) is 4.24. The molecule has 0 aromatic carbocycles. The summed E-state index contributed by atoms with van der Waals surface area (Å²) >= 11 is 6.81. The normalized spacial score (nSPS) is 21.4. The minimum Gasteiger partial charge on any atom is -0.427 e. The molecule has 0 aliphatic carbocycles. The highest BCUT2D eigenvalue weighted by Gasteiger charge is 2.57. The number of ether oxygens (including phenoxy) is 2. The summed E-state index contributed by atoms with van der Waals surface area (Å²) in [4.78, 5) is 39.5. The topological polar surface area (TPSA) is 105 Å². The van der Waals surface area contributed by atoms with E-state index in [2.05, 4.69) is 5.32 Å². The highest BCUT2D eigenvalue weighted by Crippen LogP contribution is 2.48. The Morgan fingerprint density at radius 3 is 2.61 bits per heavy atom. The van der Waals surface area contributed by atoms with Gasteiger partial charge < -0.3 is 24.8 Å². The van der Waals surface area contributed by atoms with E-state index in [9.17, 15) is 19.5 Å². The van der Waals surface area contributed by atoms with Crippen molar-refractivity contribution in [3.8, 4) is 0 Å². The van der Waals surface area contributed by atoms with E-state index < -0.39 is 36.2 Å². The number of hydrogen-bond donors (Lipinski definition) is 2. The lowest BCUT2D eigenvalue weighted by atomic mass is 9.82. The zero-order valence-electron chi connectivity index (χ0n) is 18.1. The fourth-order valence-electron chi connectivity index (χ4n) is 3.76. The van der Waals surface area contributed by atoms with Crippen LogP contribution in [-0.4, -0.2) is 58.8 Å². The van der Waals surface area contributed by atoms with Crippen LogP contribution in [0, 0.1) is 11.3 Å². The zero-order chi connectivity index (χ0) is 23.1. The summed E-state index contributed by atoms with van der Waals surface area (Å²) in [6.07, 6.45) is -0.442. The monoisotopic (exact) mass is 466 g/mol. The van der Waals surface area contributed by atoms with Gasteiger partial charge in [-0.3, -0.25) is 9.59 Å². The maximum absolute atomic E-state index is 13.0. The molecule has 0 radical (unpaired) electrons. The predicted octanol–water partition coefficient (Wildman–Crippen LogP) is 2.06. The van der Waals surface area contributed by atoms with Crippen LogP contribution in [0.1, 0.15) is 45.2 Å². The van der Waals surface area contributed by atoms with E-state index in [1.807, 2.05) is 10.8 Å². The van der Waals surface area contributed by atoms with Crippen molar-refractivity contribution in [3.05, 3.63) is 27.6 Å². The van der Waals surface area contributed by atoms with Crippen molar-refractivity contribution in [1.82, 2.24) is 10.2 Å². The number of carbonyl (C=O) groups is 3. The molecule has 3 rings (SSSR count). The van der Waals surface area contributed by atoms with Crippen molar-refractivity contribution in [2.45, 2.75) is 46.3 Å². The minimum absolute atomic E-state index is 0.109. The van der Waals surface area contributed by atoms with Gasteiger partial charge in [0.05, 0.1) is 23.5 Å². The Kier molecular flexibility index (Phi) is 6.54. The number of aliphatic hydroxyl groups is 1. The number of rotatable bonds is 6. The summed E-state index contributed by atoms with van der Waals surface area (Å²) in [5.74, 6) is -2.18. The van der Waals surface area contributed by atoms with E-state index in [0.29, 0.717) is 17.0 Å². The molecule has 8 nitrogen and oxygen atoms in total. The van der Waals surface area contributed by atoms with Crippen molar-refractivity contribution in [3.63, 3.8) is 0 Å². The molecule has 0 unspecified atom stereocenters. The largest absolute Gasteiger partial charge is 0.427 e. The SMILES string of the molecule is CNC(=S)c1cscc1C1=C(C(=O)OCOC(=O)C(C)(C)C)N2C(=O)[C@H]([C@@H](C)O)[C@H]2C1. The summed E-state index contributed by atoms with van der Waals surface area (Å²) < 4.78 is 10.2. The Balaban J connectivity index is 1.90. The maximum Gasteiger partial charge on any atom is 0.358 e. The van der Waals surface area contributed by atoms with Gasteiger partial charge in [0, 0.05) is 23.6 Å². The Hall–Kier alpha value is -2.30. The second-order valence-electron chi connectivity index (χ2n) is 8.58. The van der Waals surface area contributed by atoms with Crippen molar-refractivity contribution >= 4 is 52.0 Å². The second-order valence-corrected chi connectivity index (χ2v) is 9.73. The van der Waals surface area contributed by atoms with Gasteiger partial charge in [-0.2, -0.15) is 11.3 Å². The molecular weight excluding hydrogens is 440 g/mol. The van der Waals surface area contributed by atoms with Gasteiger partial charge in [-0.15, -0.1) is 0 Å². The van der Waals surface area contributed by atoms with E-state index >= 15 is 0 Å². The van der Waals surface area contributed by atoms with Crippen LogP contribution < -0.4 is 5.32 Å². The number of carbonyl (C=O) groups excluding carboxylic acids is 3. The first kappa shape index (κ1) is 23.4. The van der Waals surface area contributed by atoms with Crippen molar-refractivity contribution < 1.29 is 29.0 Å². The number of β-lactam (4-membered cyclic amide) rings is 1. The molecule has 168 valence electrons. The third-order valence-electron chi connectivity index (χ3n) is 5.37. The molecule has 1 aromatic rings. The number of aliphatic hydroxyl groups excluding tert-OH is 1. The smallest absolute Gasteiger partial charge is 0.358 e. The van der Waals surface area contributed by atoms with Crippen molar-refractivity contribution in [2.75, 3.05) is 13.8 Å². The molecule has 1 amide bonds. The van der Waals surface area contributed by atoms with Crippen LogP contribution in [0.25, 0.3) is 5.57 Å². The van der Waals surface area contributed by atoms with Gasteiger partial charge in [0.2, 0.25) is 12.7 Å². The molecule has 1 aromatic heterocycles. The van der Waals surface area contributed by atoms with Crippen LogP contribution >= 0.6 is 23.6 Å².